The Morgan fingerprint density at radius 1 is 0.962 bits per heavy atom. The highest BCUT2D eigenvalue weighted by molar-refractivity contribution is 7.91. The van der Waals surface area contributed by atoms with Gasteiger partial charge in [-0.2, -0.15) is 0 Å². The van der Waals surface area contributed by atoms with Gasteiger partial charge < -0.3 is 19.7 Å². The molecule has 1 heterocycles. The second kappa shape index (κ2) is 15.3. The fourth-order valence-electron chi connectivity index (χ4n) is 14.0. The highest BCUT2D eigenvalue weighted by Crippen LogP contribution is 2.73. The van der Waals surface area contributed by atoms with Gasteiger partial charge in [-0.1, -0.05) is 51.8 Å². The summed E-state index contributed by atoms with van der Waals surface area (Å²) in [6, 6.07) is 0. The van der Waals surface area contributed by atoms with Crippen molar-refractivity contribution in [2.24, 2.45) is 63.6 Å². The van der Waals surface area contributed by atoms with Crippen molar-refractivity contribution in [2.45, 2.75) is 125 Å². The number of hydrogen-bond acceptors (Lipinski definition) is 6. The summed E-state index contributed by atoms with van der Waals surface area (Å²) in [6.07, 6.45) is 21.2. The number of allylic oxidation sites excluding steroid dienone is 5. The standard InChI is InChI=1S/C38H58N2O3S.C4H8.C3H8O/c1-35(2)30(25-22-27-28(23-25)29(27)24-41)9-13-37(4)33(35)11-14-36(3)31-10-15-38(12-5-6-32(38)26(31)7-8-34(36)37)39-16-17-40-18-20-44(42,43)21-19-40;1-4(2)3;1-3-4-2/h9,22,24,26-29,31-34,39H,5-8,10-21,23H2,1-4H3;1H2,2-3H3;3H2,1-2H3/t26?,27?,28?,29?,31?,32-,33?,34+,36?,37?,38?;;/m1../s1. The van der Waals surface area contributed by atoms with Crippen LogP contribution in [0.5, 0.6) is 0 Å². The van der Waals surface area contributed by atoms with Crippen LogP contribution in [0.4, 0.5) is 0 Å². The molecule has 7 heteroatoms. The fraction of sp³-hybridized carbons (Fsp3) is 0.844. The van der Waals surface area contributed by atoms with Crippen molar-refractivity contribution in [3.05, 3.63) is 35.5 Å². The first-order valence-electron chi connectivity index (χ1n) is 21.2. The normalized spacial score (nSPS) is 43.6. The molecule has 0 aromatic heterocycles. The van der Waals surface area contributed by atoms with Crippen molar-refractivity contribution >= 4 is 16.1 Å². The summed E-state index contributed by atoms with van der Waals surface area (Å²) in [5.41, 5.74) is 5.75. The number of nitrogens with zero attached hydrogens (tertiary/aromatic N) is 1. The predicted octanol–water partition coefficient (Wildman–Crippen LogP) is 8.69. The molecule has 7 aliphatic carbocycles. The van der Waals surface area contributed by atoms with E-state index in [0.717, 1.165) is 55.7 Å². The maximum Gasteiger partial charge on any atom is 0.152 e. The predicted molar refractivity (Wildman–Crippen MR) is 215 cm³/mol. The lowest BCUT2D eigenvalue weighted by Crippen LogP contribution is -2.64. The number of carbonyl (C=O) groups excluding carboxylic acids is 1. The number of fused-ring (bicyclic) bond motifs is 8. The van der Waals surface area contributed by atoms with Gasteiger partial charge in [-0.05, 0) is 154 Å². The van der Waals surface area contributed by atoms with Crippen LogP contribution in [0, 0.1) is 63.6 Å². The summed E-state index contributed by atoms with van der Waals surface area (Å²) in [5.74, 6) is 6.21. The molecule has 294 valence electrons. The zero-order valence-electron chi connectivity index (χ0n) is 34.3. The Kier molecular flexibility index (Phi) is 11.9. The largest absolute Gasteiger partial charge is 0.385 e. The summed E-state index contributed by atoms with van der Waals surface area (Å²) in [6.45, 7) is 24.3. The van der Waals surface area contributed by atoms with E-state index in [1.807, 2.05) is 20.8 Å². The molecular weight excluding hydrogens is 665 g/mol. The summed E-state index contributed by atoms with van der Waals surface area (Å²) >= 11 is 0. The molecule has 0 bridgehead atoms. The molecule has 0 spiro atoms. The zero-order chi connectivity index (χ0) is 37.7. The third-order valence-electron chi connectivity index (χ3n) is 16.4. The highest BCUT2D eigenvalue weighted by Gasteiger charge is 2.66. The molecule has 8 rings (SSSR count). The second-order valence-corrected chi connectivity index (χ2v) is 22.1. The van der Waals surface area contributed by atoms with E-state index in [-0.39, 0.29) is 5.41 Å². The molecule has 5 saturated carbocycles. The molecule has 6 fully saturated rings. The van der Waals surface area contributed by atoms with E-state index in [0.29, 0.717) is 58.7 Å². The quantitative estimate of drug-likeness (QED) is 0.208. The molecule has 11 atom stereocenters. The Balaban J connectivity index is 0.000000529. The van der Waals surface area contributed by atoms with Crippen molar-refractivity contribution < 1.29 is 17.9 Å². The molecule has 0 aromatic rings. The summed E-state index contributed by atoms with van der Waals surface area (Å²) in [4.78, 5) is 13.8. The summed E-state index contributed by atoms with van der Waals surface area (Å²) in [5, 5.41) is 4.17. The Morgan fingerprint density at radius 3 is 2.27 bits per heavy atom. The molecule has 6 nitrogen and oxygen atoms in total. The molecule has 1 saturated heterocycles. The van der Waals surface area contributed by atoms with Crippen LogP contribution in [-0.4, -0.2) is 76.5 Å². The van der Waals surface area contributed by atoms with Crippen LogP contribution in [0.25, 0.3) is 0 Å². The zero-order valence-corrected chi connectivity index (χ0v) is 35.1. The van der Waals surface area contributed by atoms with Gasteiger partial charge >= 0.3 is 0 Å². The van der Waals surface area contributed by atoms with Crippen molar-refractivity contribution in [3.63, 3.8) is 0 Å². The third kappa shape index (κ3) is 7.37. The van der Waals surface area contributed by atoms with E-state index < -0.39 is 9.84 Å². The maximum atomic E-state index is 11.9. The van der Waals surface area contributed by atoms with Gasteiger partial charge in [-0.25, -0.2) is 8.42 Å². The molecule has 0 amide bonds. The molecule has 0 radical (unpaired) electrons. The number of rotatable bonds is 7. The van der Waals surface area contributed by atoms with Gasteiger partial charge in [0, 0.05) is 51.4 Å². The average molecular weight is 739 g/mol. The topological polar surface area (TPSA) is 75.7 Å². The Morgan fingerprint density at radius 2 is 1.65 bits per heavy atom. The van der Waals surface area contributed by atoms with Gasteiger partial charge in [-0.3, -0.25) is 0 Å². The van der Waals surface area contributed by atoms with Crippen LogP contribution >= 0.6 is 0 Å². The van der Waals surface area contributed by atoms with E-state index >= 15 is 0 Å². The smallest absolute Gasteiger partial charge is 0.152 e. The van der Waals surface area contributed by atoms with Gasteiger partial charge in [0.1, 0.15) is 6.29 Å². The minimum absolute atomic E-state index is 0.208. The SMILES string of the molecule is C=C(C)C.CC1(C)C(C2=CC3C(C=O)C3C2)=CCC2(C)C1CCC1(C)C3CCC4(NCCN5CCS(=O)(=O)CC5)CCC[C@@H]4C3CC[C@@H]12.CCOC. The molecular formula is C45H74N2O4S. The lowest BCUT2D eigenvalue weighted by atomic mass is 9.37. The Bertz CT molecular complexity index is 1480. The number of methoxy groups -OCH3 is 1. The lowest BCUT2D eigenvalue weighted by Gasteiger charge is -2.68. The van der Waals surface area contributed by atoms with E-state index in [9.17, 15) is 13.2 Å². The average Bonchev–Trinajstić information content (AvgIpc) is 3.36. The lowest BCUT2D eigenvalue weighted by molar-refractivity contribution is -0.175. The van der Waals surface area contributed by atoms with Gasteiger partial charge in [0.2, 0.25) is 0 Å². The Labute approximate surface area is 318 Å². The van der Waals surface area contributed by atoms with Crippen LogP contribution in [0.2, 0.25) is 0 Å². The molecule has 52 heavy (non-hydrogen) atoms. The summed E-state index contributed by atoms with van der Waals surface area (Å²) in [7, 11) is -1.13. The molecule has 1 aliphatic heterocycles. The van der Waals surface area contributed by atoms with E-state index in [1.165, 1.54) is 76.1 Å². The van der Waals surface area contributed by atoms with Crippen molar-refractivity contribution in [2.75, 3.05) is 51.4 Å². The number of sulfone groups is 1. The van der Waals surface area contributed by atoms with E-state index in [1.54, 1.807) is 18.3 Å². The van der Waals surface area contributed by atoms with Crippen molar-refractivity contribution in [3.8, 4) is 0 Å². The first kappa shape index (κ1) is 40.4. The molecule has 0 aromatic carbocycles. The summed E-state index contributed by atoms with van der Waals surface area (Å²) < 4.78 is 28.3. The number of hydrogen-bond donors (Lipinski definition) is 1. The van der Waals surface area contributed by atoms with Gasteiger partial charge in [0.15, 0.2) is 9.84 Å². The van der Waals surface area contributed by atoms with Gasteiger partial charge in [0.25, 0.3) is 0 Å². The monoisotopic (exact) mass is 739 g/mol. The molecule has 1 N–H and O–H groups in total. The maximum absolute atomic E-state index is 11.9. The number of nitrogens with one attached hydrogen (secondary N) is 1. The first-order valence-corrected chi connectivity index (χ1v) is 23.0. The number of carbonyl (C=O) groups is 1. The number of aldehydes is 1. The van der Waals surface area contributed by atoms with Gasteiger partial charge in [-0.15, -0.1) is 6.58 Å². The van der Waals surface area contributed by atoms with E-state index in [2.05, 4.69) is 61.4 Å². The van der Waals surface area contributed by atoms with Crippen LogP contribution < -0.4 is 5.32 Å². The third-order valence-corrected chi connectivity index (χ3v) is 18.0. The Hall–Kier alpha value is -1.28. The van der Waals surface area contributed by atoms with Gasteiger partial charge in [0.05, 0.1) is 11.5 Å². The molecule has 9 unspecified atom stereocenters. The molecule has 8 aliphatic rings. The fourth-order valence-corrected chi connectivity index (χ4v) is 15.3. The van der Waals surface area contributed by atoms with Crippen molar-refractivity contribution in [1.82, 2.24) is 10.2 Å². The van der Waals surface area contributed by atoms with Crippen LogP contribution in [0.3, 0.4) is 0 Å². The van der Waals surface area contributed by atoms with Crippen LogP contribution in [0.1, 0.15) is 119 Å². The van der Waals surface area contributed by atoms with Crippen LogP contribution in [-0.2, 0) is 19.4 Å². The highest BCUT2D eigenvalue weighted by atomic mass is 32.2. The minimum atomic E-state index is -2.81. The second-order valence-electron chi connectivity index (χ2n) is 19.8. The van der Waals surface area contributed by atoms with E-state index in [4.69, 9.17) is 0 Å². The number of ether oxygens (including phenoxy) is 1. The first-order chi connectivity index (χ1) is 24.6. The van der Waals surface area contributed by atoms with Crippen molar-refractivity contribution in [1.29, 1.82) is 0 Å². The minimum Gasteiger partial charge on any atom is -0.385 e. The van der Waals surface area contributed by atoms with Crippen LogP contribution in [0.15, 0.2) is 35.5 Å².